The third-order valence-corrected chi connectivity index (χ3v) is 3.71. The first kappa shape index (κ1) is 16.2. The molecule has 2 rings (SSSR count). The zero-order chi connectivity index (χ0) is 16.3. The van der Waals surface area contributed by atoms with Crippen molar-refractivity contribution in [1.82, 2.24) is 9.55 Å². The molecule has 5 nitrogen and oxygen atoms in total. The summed E-state index contributed by atoms with van der Waals surface area (Å²) in [5, 5.41) is 8.80. The van der Waals surface area contributed by atoms with Crippen molar-refractivity contribution in [3.05, 3.63) is 29.6 Å². The smallest absolute Gasteiger partial charge is 0.303 e. The van der Waals surface area contributed by atoms with Crippen LogP contribution in [-0.2, 0) is 11.3 Å². The van der Waals surface area contributed by atoms with Gasteiger partial charge in [0.15, 0.2) is 5.78 Å². The van der Waals surface area contributed by atoms with Crippen LogP contribution in [0.1, 0.15) is 62.1 Å². The van der Waals surface area contributed by atoms with Gasteiger partial charge in [-0.1, -0.05) is 20.8 Å². The van der Waals surface area contributed by atoms with E-state index >= 15 is 0 Å². The van der Waals surface area contributed by atoms with E-state index in [1.54, 1.807) is 0 Å². The van der Waals surface area contributed by atoms with Crippen molar-refractivity contribution in [2.75, 3.05) is 0 Å². The van der Waals surface area contributed by atoms with Gasteiger partial charge in [0.25, 0.3) is 0 Å². The van der Waals surface area contributed by atoms with Gasteiger partial charge in [0, 0.05) is 30.9 Å². The lowest BCUT2D eigenvalue weighted by Gasteiger charge is -2.10. The highest BCUT2D eigenvalue weighted by atomic mass is 16.4. The van der Waals surface area contributed by atoms with Crippen LogP contribution in [0.3, 0.4) is 0 Å². The molecule has 1 aromatic carbocycles. The molecule has 0 aliphatic carbocycles. The number of ketones is 1. The molecule has 0 bridgehead atoms. The largest absolute Gasteiger partial charge is 0.481 e. The molecule has 0 radical (unpaired) electrons. The molecule has 0 unspecified atom stereocenters. The van der Waals surface area contributed by atoms with Gasteiger partial charge in [-0.3, -0.25) is 9.59 Å². The second-order valence-electron chi connectivity index (χ2n) is 5.75. The summed E-state index contributed by atoms with van der Waals surface area (Å²) in [6, 6.07) is 5.58. The Bertz CT molecular complexity index is 701. The summed E-state index contributed by atoms with van der Waals surface area (Å²) in [5.74, 6) is 0.490. The topological polar surface area (TPSA) is 72.2 Å². The van der Waals surface area contributed by atoms with Crippen LogP contribution in [0.15, 0.2) is 18.2 Å². The van der Waals surface area contributed by atoms with Gasteiger partial charge in [-0.2, -0.15) is 0 Å². The highest BCUT2D eigenvalue weighted by Crippen LogP contribution is 2.24. The Morgan fingerprint density at radius 3 is 2.64 bits per heavy atom. The number of carbonyl (C=O) groups is 2. The number of carbonyl (C=O) groups excluding carboxylic acids is 1. The van der Waals surface area contributed by atoms with Crippen molar-refractivity contribution in [2.45, 2.75) is 52.5 Å². The van der Waals surface area contributed by atoms with E-state index in [2.05, 4.69) is 23.4 Å². The normalized spacial score (nSPS) is 11.3. The second kappa shape index (κ2) is 6.73. The van der Waals surface area contributed by atoms with Gasteiger partial charge in [0.1, 0.15) is 5.82 Å². The molecule has 1 heterocycles. The average Bonchev–Trinajstić information content (AvgIpc) is 2.84. The first-order valence-corrected chi connectivity index (χ1v) is 7.69. The number of hydrogen-bond donors (Lipinski definition) is 1. The number of hydrogen-bond acceptors (Lipinski definition) is 3. The molecule has 0 amide bonds. The minimum absolute atomic E-state index is 0.105. The quantitative estimate of drug-likeness (QED) is 0.793. The van der Waals surface area contributed by atoms with Crippen LogP contribution < -0.4 is 0 Å². The number of rotatable bonds is 7. The van der Waals surface area contributed by atoms with Gasteiger partial charge < -0.3 is 9.67 Å². The van der Waals surface area contributed by atoms with Crippen molar-refractivity contribution in [3.63, 3.8) is 0 Å². The molecule has 0 spiro atoms. The van der Waals surface area contributed by atoms with E-state index in [-0.39, 0.29) is 18.1 Å². The molecular formula is C17H22N2O3. The SMILES string of the molecule is CCC(=O)c1ccc2c(c1)nc(C(C)C)n2CCCC(=O)O. The van der Waals surface area contributed by atoms with Crippen molar-refractivity contribution in [2.24, 2.45) is 0 Å². The van der Waals surface area contributed by atoms with E-state index in [0.717, 1.165) is 16.9 Å². The average molecular weight is 302 g/mol. The maximum Gasteiger partial charge on any atom is 0.303 e. The number of fused-ring (bicyclic) bond motifs is 1. The van der Waals surface area contributed by atoms with Crippen LogP contribution >= 0.6 is 0 Å². The summed E-state index contributed by atoms with van der Waals surface area (Å²) < 4.78 is 2.07. The third kappa shape index (κ3) is 3.35. The van der Waals surface area contributed by atoms with Gasteiger partial charge in [-0.15, -0.1) is 0 Å². The second-order valence-corrected chi connectivity index (χ2v) is 5.75. The van der Waals surface area contributed by atoms with Gasteiger partial charge in [0.05, 0.1) is 11.0 Å². The van der Waals surface area contributed by atoms with Gasteiger partial charge in [-0.05, 0) is 24.6 Å². The van der Waals surface area contributed by atoms with E-state index in [0.29, 0.717) is 24.9 Å². The fraction of sp³-hybridized carbons (Fsp3) is 0.471. The number of nitrogens with zero attached hydrogens (tertiary/aromatic N) is 2. The number of benzene rings is 1. The lowest BCUT2D eigenvalue weighted by atomic mass is 10.1. The van der Waals surface area contributed by atoms with Crippen LogP contribution in [0.2, 0.25) is 0 Å². The Morgan fingerprint density at radius 1 is 1.32 bits per heavy atom. The number of aliphatic carboxylic acids is 1. The molecular weight excluding hydrogens is 280 g/mol. The number of imidazole rings is 1. The van der Waals surface area contributed by atoms with E-state index in [1.165, 1.54) is 0 Å². The monoisotopic (exact) mass is 302 g/mol. The molecule has 0 aliphatic heterocycles. The van der Waals surface area contributed by atoms with Gasteiger partial charge in [0.2, 0.25) is 0 Å². The van der Waals surface area contributed by atoms with E-state index in [1.807, 2.05) is 25.1 Å². The summed E-state index contributed by atoms with van der Waals surface area (Å²) in [7, 11) is 0. The fourth-order valence-electron chi connectivity index (χ4n) is 2.59. The maximum atomic E-state index is 11.8. The molecule has 0 saturated heterocycles. The van der Waals surface area contributed by atoms with Gasteiger partial charge >= 0.3 is 5.97 Å². The molecule has 0 saturated carbocycles. The fourth-order valence-corrected chi connectivity index (χ4v) is 2.59. The number of carboxylic acid groups (broad SMARTS) is 1. The first-order chi connectivity index (χ1) is 10.4. The Morgan fingerprint density at radius 2 is 2.05 bits per heavy atom. The third-order valence-electron chi connectivity index (χ3n) is 3.71. The number of carboxylic acids is 1. The minimum atomic E-state index is -0.786. The Hall–Kier alpha value is -2.17. The van der Waals surface area contributed by atoms with E-state index < -0.39 is 5.97 Å². The number of aryl methyl sites for hydroxylation is 1. The van der Waals surface area contributed by atoms with Crippen LogP contribution in [0.25, 0.3) is 11.0 Å². The zero-order valence-electron chi connectivity index (χ0n) is 13.3. The van der Waals surface area contributed by atoms with E-state index in [4.69, 9.17) is 5.11 Å². The first-order valence-electron chi connectivity index (χ1n) is 7.69. The van der Waals surface area contributed by atoms with Crippen molar-refractivity contribution < 1.29 is 14.7 Å². The maximum absolute atomic E-state index is 11.8. The minimum Gasteiger partial charge on any atom is -0.481 e. The molecule has 0 atom stereocenters. The summed E-state index contributed by atoms with van der Waals surface area (Å²) >= 11 is 0. The zero-order valence-corrected chi connectivity index (χ0v) is 13.3. The highest BCUT2D eigenvalue weighted by Gasteiger charge is 2.15. The molecule has 0 fully saturated rings. The Labute approximate surface area is 130 Å². The van der Waals surface area contributed by atoms with Crippen molar-refractivity contribution in [3.8, 4) is 0 Å². The summed E-state index contributed by atoms with van der Waals surface area (Å²) in [5.41, 5.74) is 2.44. The molecule has 1 N–H and O–H groups in total. The Kier molecular flexibility index (Phi) is 4.96. The Balaban J connectivity index is 2.41. The van der Waals surface area contributed by atoms with Crippen LogP contribution in [0, 0.1) is 0 Å². The predicted molar refractivity (Wildman–Crippen MR) is 85.3 cm³/mol. The van der Waals surface area contributed by atoms with Crippen LogP contribution in [-0.4, -0.2) is 26.4 Å². The molecule has 1 aromatic heterocycles. The lowest BCUT2D eigenvalue weighted by Crippen LogP contribution is -2.07. The highest BCUT2D eigenvalue weighted by molar-refractivity contribution is 5.98. The predicted octanol–water partition coefficient (Wildman–Crippen LogP) is 3.62. The molecule has 22 heavy (non-hydrogen) atoms. The molecule has 118 valence electrons. The summed E-state index contributed by atoms with van der Waals surface area (Å²) in [6.07, 6.45) is 1.18. The lowest BCUT2D eigenvalue weighted by molar-refractivity contribution is -0.137. The standard InChI is InChI=1S/C17H22N2O3/c1-4-15(20)12-7-8-14-13(10-12)18-17(11(2)3)19(14)9-5-6-16(21)22/h7-8,10-11H,4-6,9H2,1-3H3,(H,21,22). The summed E-state index contributed by atoms with van der Waals surface area (Å²) in [4.78, 5) is 27.2. The number of Topliss-reactive ketones (excluding diaryl/α,β-unsaturated/α-hetero) is 1. The molecule has 2 aromatic rings. The summed E-state index contributed by atoms with van der Waals surface area (Å²) in [6.45, 7) is 6.59. The van der Waals surface area contributed by atoms with E-state index in [9.17, 15) is 9.59 Å². The van der Waals surface area contributed by atoms with Crippen molar-refractivity contribution >= 4 is 22.8 Å². The number of aromatic nitrogens is 2. The van der Waals surface area contributed by atoms with Gasteiger partial charge in [-0.25, -0.2) is 4.98 Å². The van der Waals surface area contributed by atoms with Crippen LogP contribution in [0.5, 0.6) is 0 Å². The van der Waals surface area contributed by atoms with Crippen molar-refractivity contribution in [1.29, 1.82) is 0 Å². The molecule has 0 aliphatic rings. The molecule has 5 heteroatoms. The van der Waals surface area contributed by atoms with Crippen LogP contribution in [0.4, 0.5) is 0 Å².